The average molecular weight is 323 g/mol. The van der Waals surface area contributed by atoms with E-state index in [0.717, 1.165) is 10.9 Å². The van der Waals surface area contributed by atoms with Crippen LogP contribution in [0.25, 0.3) is 10.9 Å². The molecule has 19 heavy (non-hydrogen) atoms. The monoisotopic (exact) mass is 322 g/mol. The summed E-state index contributed by atoms with van der Waals surface area (Å²) in [6, 6.07) is 5.35. The average Bonchev–Trinajstić information content (AvgIpc) is 2.37. The topological polar surface area (TPSA) is 63.1 Å². The van der Waals surface area contributed by atoms with E-state index in [4.69, 9.17) is 0 Å². The minimum atomic E-state index is -1.01. The Morgan fingerprint density at radius 2 is 2.16 bits per heavy atom. The zero-order chi connectivity index (χ0) is 14.0. The fourth-order valence-electron chi connectivity index (χ4n) is 1.86. The lowest BCUT2D eigenvalue weighted by Crippen LogP contribution is -2.09. The summed E-state index contributed by atoms with van der Waals surface area (Å²) >= 11 is 3.38. The molecule has 1 unspecified atom stereocenters. The Bertz CT molecular complexity index is 628. The van der Waals surface area contributed by atoms with E-state index in [2.05, 4.69) is 39.7 Å². The second-order valence-electron chi connectivity index (χ2n) is 4.67. The summed E-state index contributed by atoms with van der Waals surface area (Å²) in [5, 5.41) is 9.84. The van der Waals surface area contributed by atoms with Crippen molar-refractivity contribution in [2.45, 2.75) is 26.7 Å². The Kier molecular flexibility index (Phi) is 4.14. The third-order valence-corrected chi connectivity index (χ3v) is 3.63. The van der Waals surface area contributed by atoms with Crippen molar-refractivity contribution < 1.29 is 9.90 Å². The smallest absolute Gasteiger partial charge is 0.355 e. The van der Waals surface area contributed by atoms with Crippen molar-refractivity contribution in [1.82, 2.24) is 9.97 Å². The zero-order valence-corrected chi connectivity index (χ0v) is 12.4. The lowest BCUT2D eigenvalue weighted by atomic mass is 10.0. The second-order valence-corrected chi connectivity index (χ2v) is 5.59. The highest BCUT2D eigenvalue weighted by Crippen LogP contribution is 2.22. The molecule has 1 atom stereocenters. The van der Waals surface area contributed by atoms with Crippen molar-refractivity contribution in [2.75, 3.05) is 0 Å². The summed E-state index contributed by atoms with van der Waals surface area (Å²) in [6.45, 7) is 4.20. The molecule has 0 aliphatic rings. The van der Waals surface area contributed by atoms with Gasteiger partial charge in [-0.3, -0.25) is 0 Å². The van der Waals surface area contributed by atoms with E-state index in [1.165, 1.54) is 0 Å². The third kappa shape index (κ3) is 3.10. The SMILES string of the molecule is CCC(C)Cc1nc(C(=O)O)c2ccc(Br)cc2n1. The molecule has 1 aromatic carbocycles. The Morgan fingerprint density at radius 3 is 2.79 bits per heavy atom. The Labute approximate surface area is 120 Å². The first kappa shape index (κ1) is 13.9. The number of hydrogen-bond acceptors (Lipinski definition) is 3. The fourth-order valence-corrected chi connectivity index (χ4v) is 2.21. The summed E-state index contributed by atoms with van der Waals surface area (Å²) in [5.74, 6) is 0.0173. The molecule has 0 saturated heterocycles. The van der Waals surface area contributed by atoms with Gasteiger partial charge in [-0.1, -0.05) is 36.2 Å². The summed E-state index contributed by atoms with van der Waals surface area (Å²) in [5.41, 5.74) is 0.746. The number of aromatic carboxylic acids is 1. The van der Waals surface area contributed by atoms with Gasteiger partial charge >= 0.3 is 5.97 Å². The molecule has 1 heterocycles. The number of benzene rings is 1. The Morgan fingerprint density at radius 1 is 1.42 bits per heavy atom. The van der Waals surface area contributed by atoms with E-state index in [9.17, 15) is 9.90 Å². The van der Waals surface area contributed by atoms with E-state index in [1.807, 2.05) is 6.07 Å². The minimum absolute atomic E-state index is 0.0794. The molecular formula is C14H15BrN2O2. The third-order valence-electron chi connectivity index (χ3n) is 3.14. The van der Waals surface area contributed by atoms with Gasteiger partial charge in [0.1, 0.15) is 5.82 Å². The number of nitrogens with zero attached hydrogens (tertiary/aromatic N) is 2. The normalized spacial score (nSPS) is 12.6. The van der Waals surface area contributed by atoms with Crippen LogP contribution < -0.4 is 0 Å². The molecule has 5 heteroatoms. The fraction of sp³-hybridized carbons (Fsp3) is 0.357. The number of carboxylic acid groups (broad SMARTS) is 1. The Balaban J connectivity index is 2.58. The van der Waals surface area contributed by atoms with Crippen molar-refractivity contribution in [3.63, 3.8) is 0 Å². The van der Waals surface area contributed by atoms with Crippen molar-refractivity contribution in [3.05, 3.63) is 34.2 Å². The number of hydrogen-bond donors (Lipinski definition) is 1. The van der Waals surface area contributed by atoms with Gasteiger partial charge in [-0.2, -0.15) is 0 Å². The molecule has 2 rings (SSSR count). The molecule has 1 N–H and O–H groups in total. The van der Waals surface area contributed by atoms with Gasteiger partial charge in [0, 0.05) is 16.3 Å². The summed E-state index contributed by atoms with van der Waals surface area (Å²) in [4.78, 5) is 20.0. The van der Waals surface area contributed by atoms with Gasteiger partial charge in [0.15, 0.2) is 5.69 Å². The number of carbonyl (C=O) groups is 1. The largest absolute Gasteiger partial charge is 0.476 e. The summed E-state index contributed by atoms with van der Waals surface area (Å²) < 4.78 is 0.879. The highest BCUT2D eigenvalue weighted by molar-refractivity contribution is 9.10. The predicted octanol–water partition coefficient (Wildman–Crippen LogP) is 3.68. The maximum absolute atomic E-state index is 11.3. The van der Waals surface area contributed by atoms with Crippen LogP contribution >= 0.6 is 15.9 Å². The molecule has 1 aromatic heterocycles. The highest BCUT2D eigenvalue weighted by atomic mass is 79.9. The molecule has 100 valence electrons. The lowest BCUT2D eigenvalue weighted by molar-refractivity contribution is 0.0692. The molecule has 0 aliphatic carbocycles. The van der Waals surface area contributed by atoms with Crippen LogP contribution in [0.4, 0.5) is 0 Å². The van der Waals surface area contributed by atoms with Gasteiger partial charge in [-0.05, 0) is 24.1 Å². The van der Waals surface area contributed by atoms with E-state index >= 15 is 0 Å². The van der Waals surface area contributed by atoms with Gasteiger partial charge in [0.25, 0.3) is 0 Å². The first-order chi connectivity index (χ1) is 9.01. The lowest BCUT2D eigenvalue weighted by Gasteiger charge is -2.09. The number of aromatic nitrogens is 2. The van der Waals surface area contributed by atoms with Gasteiger partial charge in [0.05, 0.1) is 5.52 Å². The number of fused-ring (bicyclic) bond motifs is 1. The van der Waals surface area contributed by atoms with Crippen LogP contribution in [0.5, 0.6) is 0 Å². The maximum atomic E-state index is 11.3. The van der Waals surface area contributed by atoms with Crippen molar-refractivity contribution in [3.8, 4) is 0 Å². The predicted molar refractivity (Wildman–Crippen MR) is 77.4 cm³/mol. The van der Waals surface area contributed by atoms with Crippen LogP contribution in [0.15, 0.2) is 22.7 Å². The molecule has 0 spiro atoms. The first-order valence-corrected chi connectivity index (χ1v) is 7.00. The minimum Gasteiger partial charge on any atom is -0.476 e. The van der Waals surface area contributed by atoms with Crippen LogP contribution in [0.3, 0.4) is 0 Å². The molecule has 0 bridgehead atoms. The van der Waals surface area contributed by atoms with E-state index in [1.54, 1.807) is 12.1 Å². The highest BCUT2D eigenvalue weighted by Gasteiger charge is 2.15. The van der Waals surface area contributed by atoms with E-state index in [0.29, 0.717) is 29.1 Å². The van der Waals surface area contributed by atoms with E-state index < -0.39 is 5.97 Å². The maximum Gasteiger partial charge on any atom is 0.355 e. The van der Waals surface area contributed by atoms with Crippen molar-refractivity contribution in [2.24, 2.45) is 5.92 Å². The second kappa shape index (κ2) is 5.65. The van der Waals surface area contributed by atoms with Crippen LogP contribution in [-0.2, 0) is 6.42 Å². The molecule has 0 saturated carbocycles. The van der Waals surface area contributed by atoms with Gasteiger partial charge in [-0.15, -0.1) is 0 Å². The molecule has 2 aromatic rings. The van der Waals surface area contributed by atoms with Crippen LogP contribution in [-0.4, -0.2) is 21.0 Å². The molecule has 0 amide bonds. The Hall–Kier alpha value is -1.49. The van der Waals surface area contributed by atoms with E-state index in [-0.39, 0.29) is 5.69 Å². The molecule has 0 aliphatic heterocycles. The number of rotatable bonds is 4. The quantitative estimate of drug-likeness (QED) is 0.932. The molecule has 4 nitrogen and oxygen atoms in total. The van der Waals surface area contributed by atoms with Gasteiger partial charge in [-0.25, -0.2) is 14.8 Å². The van der Waals surface area contributed by atoms with Crippen LogP contribution in [0.2, 0.25) is 0 Å². The summed E-state index contributed by atoms with van der Waals surface area (Å²) in [6.07, 6.45) is 1.71. The van der Waals surface area contributed by atoms with Crippen LogP contribution in [0, 0.1) is 5.92 Å². The number of halogens is 1. The van der Waals surface area contributed by atoms with Crippen molar-refractivity contribution >= 4 is 32.8 Å². The van der Waals surface area contributed by atoms with Gasteiger partial charge in [0.2, 0.25) is 0 Å². The molecular weight excluding hydrogens is 308 g/mol. The zero-order valence-electron chi connectivity index (χ0n) is 10.9. The van der Waals surface area contributed by atoms with Crippen molar-refractivity contribution in [1.29, 1.82) is 0 Å². The standard InChI is InChI=1S/C14H15BrN2O2/c1-3-8(2)6-12-16-11-7-9(15)4-5-10(11)13(17-12)14(18)19/h4-5,7-8H,3,6H2,1-2H3,(H,18,19). The first-order valence-electron chi connectivity index (χ1n) is 6.20. The summed E-state index contributed by atoms with van der Waals surface area (Å²) in [7, 11) is 0. The van der Waals surface area contributed by atoms with Crippen LogP contribution in [0.1, 0.15) is 36.6 Å². The molecule has 0 fully saturated rings. The number of carboxylic acids is 1. The molecule has 0 radical (unpaired) electrons. The van der Waals surface area contributed by atoms with Gasteiger partial charge < -0.3 is 5.11 Å².